The van der Waals surface area contributed by atoms with Gasteiger partial charge in [0.05, 0.1) is 5.52 Å². The summed E-state index contributed by atoms with van der Waals surface area (Å²) in [7, 11) is 0. The monoisotopic (exact) mass is 203 g/mol. The second-order valence-corrected chi connectivity index (χ2v) is 3.95. The Labute approximate surface area is 85.7 Å². The van der Waals surface area contributed by atoms with Crippen LogP contribution in [0.2, 0.25) is 0 Å². The van der Waals surface area contributed by atoms with Gasteiger partial charge in [-0.05, 0) is 43.0 Å². The number of H-pyrrole nitrogens is 1. The lowest BCUT2D eigenvalue weighted by atomic mass is 10.1. The van der Waals surface area contributed by atoms with E-state index < -0.39 is 0 Å². The van der Waals surface area contributed by atoms with E-state index >= 15 is 0 Å². The van der Waals surface area contributed by atoms with Gasteiger partial charge in [0, 0.05) is 10.9 Å². The van der Waals surface area contributed by atoms with Gasteiger partial charge in [-0.2, -0.15) is 0 Å². The van der Waals surface area contributed by atoms with Crippen molar-refractivity contribution in [2.24, 2.45) is 0 Å². The SMILES string of the molecule is O=c1[nH]c2cc(F)ccc2c2c1CCC2. The molecule has 0 saturated carbocycles. The molecule has 0 aliphatic heterocycles. The van der Waals surface area contributed by atoms with E-state index in [-0.39, 0.29) is 11.4 Å². The van der Waals surface area contributed by atoms with E-state index in [0.717, 1.165) is 35.8 Å². The summed E-state index contributed by atoms with van der Waals surface area (Å²) in [4.78, 5) is 14.4. The summed E-state index contributed by atoms with van der Waals surface area (Å²) in [6, 6.07) is 4.58. The maximum atomic E-state index is 13.0. The Morgan fingerprint density at radius 3 is 2.87 bits per heavy atom. The maximum absolute atomic E-state index is 13.0. The Morgan fingerprint density at radius 1 is 1.20 bits per heavy atom. The van der Waals surface area contributed by atoms with Crippen molar-refractivity contribution in [1.82, 2.24) is 4.98 Å². The molecule has 1 aromatic carbocycles. The normalized spacial score (nSPS) is 14.5. The molecule has 0 bridgehead atoms. The minimum Gasteiger partial charge on any atom is -0.322 e. The van der Waals surface area contributed by atoms with Crippen molar-refractivity contribution in [2.75, 3.05) is 0 Å². The number of benzene rings is 1. The van der Waals surface area contributed by atoms with Gasteiger partial charge in [-0.15, -0.1) is 0 Å². The van der Waals surface area contributed by atoms with Crippen LogP contribution in [-0.2, 0) is 12.8 Å². The second kappa shape index (κ2) is 2.92. The van der Waals surface area contributed by atoms with Crippen LogP contribution in [0.1, 0.15) is 17.5 Å². The van der Waals surface area contributed by atoms with E-state index in [2.05, 4.69) is 4.98 Å². The molecule has 0 unspecified atom stereocenters. The highest BCUT2D eigenvalue weighted by Gasteiger charge is 2.17. The van der Waals surface area contributed by atoms with Gasteiger partial charge in [0.2, 0.25) is 0 Å². The van der Waals surface area contributed by atoms with Crippen molar-refractivity contribution in [3.05, 3.63) is 45.5 Å². The number of aromatic amines is 1. The molecule has 2 nitrogen and oxygen atoms in total. The number of hydrogen-bond acceptors (Lipinski definition) is 1. The first-order valence-electron chi connectivity index (χ1n) is 5.09. The van der Waals surface area contributed by atoms with Gasteiger partial charge in [0.15, 0.2) is 0 Å². The third kappa shape index (κ3) is 1.19. The van der Waals surface area contributed by atoms with E-state index in [1.54, 1.807) is 6.07 Å². The Kier molecular flexibility index (Phi) is 1.69. The quantitative estimate of drug-likeness (QED) is 0.699. The molecule has 1 aliphatic carbocycles. The number of aromatic nitrogens is 1. The molecule has 1 aliphatic rings. The molecule has 3 heteroatoms. The first kappa shape index (κ1) is 8.65. The van der Waals surface area contributed by atoms with E-state index in [1.165, 1.54) is 12.1 Å². The smallest absolute Gasteiger partial charge is 0.251 e. The van der Waals surface area contributed by atoms with Crippen molar-refractivity contribution >= 4 is 10.9 Å². The van der Waals surface area contributed by atoms with Crippen LogP contribution in [0.5, 0.6) is 0 Å². The molecule has 1 heterocycles. The van der Waals surface area contributed by atoms with Crippen LogP contribution in [0.15, 0.2) is 23.0 Å². The molecular weight excluding hydrogens is 193 g/mol. The summed E-state index contributed by atoms with van der Waals surface area (Å²) in [5, 5.41) is 0.989. The van der Waals surface area contributed by atoms with Gasteiger partial charge >= 0.3 is 0 Å². The summed E-state index contributed by atoms with van der Waals surface area (Å²) >= 11 is 0. The first-order chi connectivity index (χ1) is 7.25. The summed E-state index contributed by atoms with van der Waals surface area (Å²) < 4.78 is 13.0. The van der Waals surface area contributed by atoms with Crippen molar-refractivity contribution in [3.63, 3.8) is 0 Å². The summed E-state index contributed by atoms with van der Waals surface area (Å²) in [6.45, 7) is 0. The predicted molar refractivity (Wildman–Crippen MR) is 56.6 cm³/mol. The van der Waals surface area contributed by atoms with Crippen LogP contribution in [0.25, 0.3) is 10.9 Å². The first-order valence-corrected chi connectivity index (χ1v) is 5.09. The van der Waals surface area contributed by atoms with E-state index in [1.807, 2.05) is 0 Å². The molecule has 1 aromatic heterocycles. The van der Waals surface area contributed by atoms with Crippen molar-refractivity contribution in [2.45, 2.75) is 19.3 Å². The van der Waals surface area contributed by atoms with Crippen LogP contribution in [-0.4, -0.2) is 4.98 Å². The second-order valence-electron chi connectivity index (χ2n) is 3.95. The molecule has 0 atom stereocenters. The lowest BCUT2D eigenvalue weighted by molar-refractivity contribution is 0.629. The fraction of sp³-hybridized carbons (Fsp3) is 0.250. The molecule has 76 valence electrons. The highest BCUT2D eigenvalue weighted by molar-refractivity contribution is 5.83. The number of fused-ring (bicyclic) bond motifs is 3. The maximum Gasteiger partial charge on any atom is 0.251 e. The Hall–Kier alpha value is -1.64. The largest absolute Gasteiger partial charge is 0.322 e. The van der Waals surface area contributed by atoms with Gasteiger partial charge in [0.1, 0.15) is 5.82 Å². The molecule has 0 radical (unpaired) electrons. The number of halogens is 1. The van der Waals surface area contributed by atoms with Crippen LogP contribution < -0.4 is 5.56 Å². The van der Waals surface area contributed by atoms with Gasteiger partial charge in [-0.25, -0.2) is 4.39 Å². The van der Waals surface area contributed by atoms with Crippen molar-refractivity contribution < 1.29 is 4.39 Å². The van der Waals surface area contributed by atoms with Crippen LogP contribution in [0.3, 0.4) is 0 Å². The zero-order chi connectivity index (χ0) is 10.4. The number of rotatable bonds is 0. The number of nitrogens with one attached hydrogen (secondary N) is 1. The van der Waals surface area contributed by atoms with E-state index in [9.17, 15) is 9.18 Å². The molecular formula is C12H10FNO. The Bertz CT molecular complexity index is 600. The molecule has 0 amide bonds. The van der Waals surface area contributed by atoms with Crippen molar-refractivity contribution in [3.8, 4) is 0 Å². The molecule has 0 saturated heterocycles. The average molecular weight is 203 g/mol. The number of pyridine rings is 1. The summed E-state index contributed by atoms with van der Waals surface area (Å²) in [5.74, 6) is -0.309. The standard InChI is InChI=1S/C12H10FNO/c13-7-4-5-9-8-2-1-3-10(8)12(15)14-11(9)6-7/h4-6H,1-3H2,(H,14,15). The van der Waals surface area contributed by atoms with Gasteiger partial charge in [-0.1, -0.05) is 0 Å². The van der Waals surface area contributed by atoms with E-state index in [4.69, 9.17) is 0 Å². The predicted octanol–water partition coefficient (Wildman–Crippen LogP) is 2.16. The van der Waals surface area contributed by atoms with Crippen LogP contribution in [0, 0.1) is 5.82 Å². The van der Waals surface area contributed by atoms with E-state index in [0.29, 0.717) is 5.52 Å². The zero-order valence-corrected chi connectivity index (χ0v) is 8.14. The minimum atomic E-state index is -0.309. The van der Waals surface area contributed by atoms with Gasteiger partial charge < -0.3 is 4.98 Å². The van der Waals surface area contributed by atoms with Crippen LogP contribution >= 0.6 is 0 Å². The summed E-state index contributed by atoms with van der Waals surface area (Å²) in [6.07, 6.45) is 2.80. The van der Waals surface area contributed by atoms with Gasteiger partial charge in [-0.3, -0.25) is 4.79 Å². The molecule has 0 fully saturated rings. The van der Waals surface area contributed by atoms with Crippen molar-refractivity contribution in [1.29, 1.82) is 0 Å². The average Bonchev–Trinajstić information content (AvgIpc) is 2.66. The third-order valence-electron chi connectivity index (χ3n) is 3.05. The molecule has 0 spiro atoms. The van der Waals surface area contributed by atoms with Crippen LogP contribution in [0.4, 0.5) is 4.39 Å². The van der Waals surface area contributed by atoms with Gasteiger partial charge in [0.25, 0.3) is 5.56 Å². The molecule has 15 heavy (non-hydrogen) atoms. The topological polar surface area (TPSA) is 32.9 Å². The highest BCUT2D eigenvalue weighted by Crippen LogP contribution is 2.26. The third-order valence-corrected chi connectivity index (χ3v) is 3.05. The Morgan fingerprint density at radius 2 is 2.00 bits per heavy atom. The molecule has 3 rings (SSSR count). The highest BCUT2D eigenvalue weighted by atomic mass is 19.1. The zero-order valence-electron chi connectivity index (χ0n) is 8.14. The fourth-order valence-electron chi connectivity index (χ4n) is 2.37. The Balaban J connectivity index is 2.48. The molecule has 2 aromatic rings. The fourth-order valence-corrected chi connectivity index (χ4v) is 2.37. The molecule has 1 N–H and O–H groups in total. The number of hydrogen-bond donors (Lipinski definition) is 1. The minimum absolute atomic E-state index is 0.0550. The lowest BCUT2D eigenvalue weighted by Gasteiger charge is -2.04. The summed E-state index contributed by atoms with van der Waals surface area (Å²) in [5.41, 5.74) is 2.55. The number of aryl methyl sites for hydroxylation is 1. The lowest BCUT2D eigenvalue weighted by Crippen LogP contribution is -2.12.